The maximum absolute atomic E-state index is 12.4. The van der Waals surface area contributed by atoms with Crippen LogP contribution in [0.1, 0.15) is 38.4 Å². The highest BCUT2D eigenvalue weighted by atomic mass is 16.5. The van der Waals surface area contributed by atoms with Crippen molar-refractivity contribution in [2.24, 2.45) is 0 Å². The molecular weight excluding hydrogens is 430 g/mol. The summed E-state index contributed by atoms with van der Waals surface area (Å²) in [6.07, 6.45) is 1.30. The SMILES string of the molecule is CCCc1cc(N(CC)CC)nc(Nc2ccc(OC)c(NC(=O)OCc3ccccc3)c2)n1. The van der Waals surface area contributed by atoms with E-state index in [0.29, 0.717) is 17.4 Å². The summed E-state index contributed by atoms with van der Waals surface area (Å²) >= 11 is 0. The summed E-state index contributed by atoms with van der Waals surface area (Å²) in [5.74, 6) is 1.92. The Labute approximate surface area is 201 Å². The molecule has 0 radical (unpaired) electrons. The highest BCUT2D eigenvalue weighted by molar-refractivity contribution is 5.88. The number of benzene rings is 2. The molecule has 34 heavy (non-hydrogen) atoms. The fourth-order valence-corrected chi connectivity index (χ4v) is 3.51. The van der Waals surface area contributed by atoms with E-state index in [1.807, 2.05) is 42.5 Å². The van der Waals surface area contributed by atoms with Gasteiger partial charge in [0.2, 0.25) is 5.95 Å². The number of carbonyl (C=O) groups excluding carboxylic acids is 1. The van der Waals surface area contributed by atoms with Crippen LogP contribution in [0.3, 0.4) is 0 Å². The maximum Gasteiger partial charge on any atom is 0.412 e. The van der Waals surface area contributed by atoms with E-state index in [-0.39, 0.29) is 6.61 Å². The lowest BCUT2D eigenvalue weighted by atomic mass is 10.2. The van der Waals surface area contributed by atoms with Gasteiger partial charge in [0.1, 0.15) is 18.2 Å². The number of hydrogen-bond donors (Lipinski definition) is 2. The number of methoxy groups -OCH3 is 1. The molecule has 0 aliphatic heterocycles. The molecule has 0 aliphatic carbocycles. The summed E-state index contributed by atoms with van der Waals surface area (Å²) < 4.78 is 10.8. The van der Waals surface area contributed by atoms with Crippen molar-refractivity contribution >= 4 is 29.2 Å². The predicted molar refractivity (Wildman–Crippen MR) is 136 cm³/mol. The summed E-state index contributed by atoms with van der Waals surface area (Å²) in [7, 11) is 1.55. The lowest BCUT2D eigenvalue weighted by Gasteiger charge is -2.21. The van der Waals surface area contributed by atoms with Gasteiger partial charge in [0.15, 0.2) is 0 Å². The summed E-state index contributed by atoms with van der Waals surface area (Å²) in [5, 5.41) is 6.03. The fraction of sp³-hybridized carbons (Fsp3) is 0.346. The standard InChI is InChI=1S/C26H33N5O3/c1-5-11-20-17-24(31(6-2)7-3)30-25(27-20)28-21-14-15-23(33-4)22(16-21)29-26(32)34-18-19-12-9-8-10-13-19/h8-10,12-17H,5-7,11,18H2,1-4H3,(H,29,32)(H,27,28,30). The first-order chi connectivity index (χ1) is 16.6. The number of hydrogen-bond acceptors (Lipinski definition) is 7. The van der Waals surface area contributed by atoms with E-state index in [9.17, 15) is 4.79 Å². The quantitative estimate of drug-likeness (QED) is 0.373. The van der Waals surface area contributed by atoms with E-state index in [1.54, 1.807) is 19.2 Å². The molecule has 8 nitrogen and oxygen atoms in total. The first kappa shape index (κ1) is 24.8. The number of rotatable bonds is 11. The van der Waals surface area contributed by atoms with Crippen molar-refractivity contribution in [3.63, 3.8) is 0 Å². The van der Waals surface area contributed by atoms with Gasteiger partial charge in [-0.15, -0.1) is 0 Å². The number of nitrogens with zero attached hydrogens (tertiary/aromatic N) is 3. The molecule has 0 unspecified atom stereocenters. The lowest BCUT2D eigenvalue weighted by Crippen LogP contribution is -2.23. The van der Waals surface area contributed by atoms with Crippen LogP contribution in [0, 0.1) is 0 Å². The Morgan fingerprint density at radius 1 is 1.00 bits per heavy atom. The van der Waals surface area contributed by atoms with Gasteiger partial charge in [0, 0.05) is 30.5 Å². The molecule has 0 aliphatic rings. The molecule has 3 rings (SSSR count). The van der Waals surface area contributed by atoms with Crippen LogP contribution in [0.5, 0.6) is 5.75 Å². The van der Waals surface area contributed by atoms with Crippen molar-refractivity contribution < 1.29 is 14.3 Å². The summed E-state index contributed by atoms with van der Waals surface area (Å²) in [6, 6.07) is 17.0. The predicted octanol–water partition coefficient (Wildman–Crippen LogP) is 5.78. The molecule has 0 saturated carbocycles. The van der Waals surface area contributed by atoms with Gasteiger partial charge in [-0.25, -0.2) is 9.78 Å². The Bertz CT molecular complexity index is 1070. The molecule has 0 spiro atoms. The smallest absolute Gasteiger partial charge is 0.412 e. The van der Waals surface area contributed by atoms with Crippen LogP contribution < -0.4 is 20.3 Å². The Balaban J connectivity index is 1.77. The third-order valence-electron chi connectivity index (χ3n) is 5.26. The Kier molecular flexibility index (Phi) is 9.08. The first-order valence-corrected chi connectivity index (χ1v) is 11.6. The second-order valence-corrected chi connectivity index (χ2v) is 7.69. The molecular formula is C26H33N5O3. The third-order valence-corrected chi connectivity index (χ3v) is 5.26. The van der Waals surface area contributed by atoms with Crippen molar-refractivity contribution in [3.05, 3.63) is 65.9 Å². The summed E-state index contributed by atoms with van der Waals surface area (Å²) in [6.45, 7) is 8.25. The first-order valence-electron chi connectivity index (χ1n) is 11.6. The molecule has 3 aromatic rings. The Morgan fingerprint density at radius 3 is 2.44 bits per heavy atom. The topological polar surface area (TPSA) is 88.6 Å². The van der Waals surface area contributed by atoms with Gasteiger partial charge in [-0.2, -0.15) is 4.98 Å². The van der Waals surface area contributed by atoms with Crippen LogP contribution in [-0.2, 0) is 17.8 Å². The van der Waals surface area contributed by atoms with Gasteiger partial charge in [0.25, 0.3) is 0 Å². The van der Waals surface area contributed by atoms with Crippen LogP contribution in [-0.4, -0.2) is 36.3 Å². The molecule has 0 atom stereocenters. The average molecular weight is 464 g/mol. The van der Waals surface area contributed by atoms with Crippen molar-refractivity contribution in [1.82, 2.24) is 9.97 Å². The van der Waals surface area contributed by atoms with Gasteiger partial charge >= 0.3 is 6.09 Å². The zero-order chi connectivity index (χ0) is 24.3. The second kappa shape index (κ2) is 12.4. The maximum atomic E-state index is 12.4. The van der Waals surface area contributed by atoms with Gasteiger partial charge in [0.05, 0.1) is 12.8 Å². The van der Waals surface area contributed by atoms with E-state index in [1.165, 1.54) is 0 Å². The molecule has 0 bridgehead atoms. The van der Waals surface area contributed by atoms with Gasteiger partial charge in [-0.3, -0.25) is 5.32 Å². The molecule has 180 valence electrons. The molecule has 0 saturated heterocycles. The van der Waals surface area contributed by atoms with E-state index >= 15 is 0 Å². The summed E-state index contributed by atoms with van der Waals surface area (Å²) in [5.41, 5.74) is 3.10. The van der Waals surface area contributed by atoms with Crippen molar-refractivity contribution in [2.75, 3.05) is 35.7 Å². The molecule has 2 N–H and O–H groups in total. The van der Waals surface area contributed by atoms with E-state index in [2.05, 4.69) is 41.3 Å². The number of aromatic nitrogens is 2. The molecule has 2 aromatic carbocycles. The normalized spacial score (nSPS) is 10.5. The number of amides is 1. The highest BCUT2D eigenvalue weighted by Crippen LogP contribution is 2.29. The van der Waals surface area contributed by atoms with Gasteiger partial charge in [-0.1, -0.05) is 43.7 Å². The minimum absolute atomic E-state index is 0.180. The van der Waals surface area contributed by atoms with Gasteiger partial charge in [-0.05, 0) is 44.0 Å². The monoisotopic (exact) mass is 463 g/mol. The molecule has 0 fully saturated rings. The molecule has 8 heteroatoms. The number of ether oxygens (including phenoxy) is 2. The van der Waals surface area contributed by atoms with E-state index in [4.69, 9.17) is 14.5 Å². The Morgan fingerprint density at radius 2 is 1.76 bits per heavy atom. The summed E-state index contributed by atoms with van der Waals surface area (Å²) in [4.78, 5) is 24.0. The zero-order valence-corrected chi connectivity index (χ0v) is 20.3. The minimum Gasteiger partial charge on any atom is -0.495 e. The number of anilines is 4. The van der Waals surface area contributed by atoms with Crippen molar-refractivity contribution in [1.29, 1.82) is 0 Å². The van der Waals surface area contributed by atoms with Crippen molar-refractivity contribution in [3.8, 4) is 5.75 Å². The van der Waals surface area contributed by atoms with Crippen LogP contribution >= 0.6 is 0 Å². The molecule has 1 heterocycles. The fourth-order valence-electron chi connectivity index (χ4n) is 3.51. The van der Waals surface area contributed by atoms with E-state index in [0.717, 1.165) is 48.7 Å². The van der Waals surface area contributed by atoms with Gasteiger partial charge < -0.3 is 19.7 Å². The minimum atomic E-state index is -0.565. The number of nitrogens with one attached hydrogen (secondary N) is 2. The largest absolute Gasteiger partial charge is 0.495 e. The second-order valence-electron chi connectivity index (χ2n) is 7.69. The average Bonchev–Trinajstić information content (AvgIpc) is 2.84. The molecule has 1 aromatic heterocycles. The van der Waals surface area contributed by atoms with Crippen LogP contribution in [0.2, 0.25) is 0 Å². The lowest BCUT2D eigenvalue weighted by molar-refractivity contribution is 0.155. The Hall–Kier alpha value is -3.81. The molecule has 1 amide bonds. The number of aryl methyl sites for hydroxylation is 1. The van der Waals surface area contributed by atoms with Crippen LogP contribution in [0.15, 0.2) is 54.6 Å². The highest BCUT2D eigenvalue weighted by Gasteiger charge is 2.13. The van der Waals surface area contributed by atoms with Crippen molar-refractivity contribution in [2.45, 2.75) is 40.2 Å². The van der Waals surface area contributed by atoms with E-state index < -0.39 is 6.09 Å². The number of carbonyl (C=O) groups is 1. The zero-order valence-electron chi connectivity index (χ0n) is 20.3. The van der Waals surface area contributed by atoms with Crippen LogP contribution in [0.25, 0.3) is 0 Å². The third kappa shape index (κ3) is 6.84. The van der Waals surface area contributed by atoms with Crippen LogP contribution in [0.4, 0.5) is 27.9 Å².